The molecule has 2 atom stereocenters. The SMILES string of the molecule is N#C[C@H]1CCCC[C@@H]1n1nc(Nc2ccc3c(c2)CNS3(=O)=O)c2c(=O)[nH]ccc21. The summed E-state index contributed by atoms with van der Waals surface area (Å²) >= 11 is 0. The average Bonchev–Trinajstić information content (AvgIpc) is 3.26. The van der Waals surface area contributed by atoms with Gasteiger partial charge in [-0.2, -0.15) is 10.4 Å². The van der Waals surface area contributed by atoms with Gasteiger partial charge in [-0.3, -0.25) is 9.48 Å². The van der Waals surface area contributed by atoms with Crippen molar-refractivity contribution in [2.75, 3.05) is 5.32 Å². The number of rotatable bonds is 3. The van der Waals surface area contributed by atoms with E-state index in [4.69, 9.17) is 5.10 Å². The van der Waals surface area contributed by atoms with Crippen molar-refractivity contribution in [2.45, 2.75) is 43.2 Å². The molecule has 1 aromatic carbocycles. The number of aromatic amines is 1. The van der Waals surface area contributed by atoms with E-state index >= 15 is 0 Å². The second-order valence-corrected chi connectivity index (χ2v) is 9.46. The van der Waals surface area contributed by atoms with E-state index in [-0.39, 0.29) is 29.0 Å². The minimum absolute atomic E-state index is 0.0852. The largest absolute Gasteiger partial charge is 0.338 e. The molecule has 0 radical (unpaired) electrons. The van der Waals surface area contributed by atoms with E-state index in [1.54, 1.807) is 35.1 Å². The summed E-state index contributed by atoms with van der Waals surface area (Å²) in [5, 5.41) is 17.9. The number of fused-ring (bicyclic) bond motifs is 2. The van der Waals surface area contributed by atoms with Crippen molar-refractivity contribution >= 4 is 32.4 Å². The molecule has 10 heteroatoms. The quantitative estimate of drug-likeness (QED) is 0.592. The van der Waals surface area contributed by atoms with E-state index < -0.39 is 10.0 Å². The first kappa shape index (κ1) is 18.8. The van der Waals surface area contributed by atoms with Crippen molar-refractivity contribution in [2.24, 2.45) is 5.92 Å². The lowest BCUT2D eigenvalue weighted by molar-refractivity contribution is 0.277. The molecule has 2 aliphatic rings. The minimum atomic E-state index is -3.44. The Kier molecular flexibility index (Phi) is 4.38. The maximum atomic E-state index is 12.6. The molecule has 0 amide bonds. The van der Waals surface area contributed by atoms with Crippen LogP contribution in [0.1, 0.15) is 37.3 Å². The molecule has 5 rings (SSSR count). The number of hydrogen-bond acceptors (Lipinski definition) is 6. The number of sulfonamides is 1. The standard InChI is InChI=1S/C20H20N6O3S/c21-10-12-3-1-2-4-15(12)26-16-7-8-22-20(27)18(16)19(25-26)24-14-5-6-17-13(9-14)11-23-30(17,28)29/h5-9,12,15,23H,1-4,11H2,(H,22,27)(H,24,25)/t12-,15+/m1/s1. The summed E-state index contributed by atoms with van der Waals surface area (Å²) in [7, 11) is -3.44. The van der Waals surface area contributed by atoms with Gasteiger partial charge in [-0.25, -0.2) is 13.1 Å². The first-order valence-corrected chi connectivity index (χ1v) is 11.4. The van der Waals surface area contributed by atoms with Gasteiger partial charge >= 0.3 is 0 Å². The molecule has 1 saturated carbocycles. The molecular formula is C20H20N6O3S. The molecule has 1 fully saturated rings. The fraction of sp³-hybridized carbons (Fsp3) is 0.350. The van der Waals surface area contributed by atoms with Crippen LogP contribution in [-0.2, 0) is 16.6 Å². The summed E-state index contributed by atoms with van der Waals surface area (Å²) in [6.07, 6.45) is 5.28. The fourth-order valence-electron chi connectivity index (χ4n) is 4.44. The van der Waals surface area contributed by atoms with E-state index in [0.717, 1.165) is 25.7 Å². The van der Waals surface area contributed by atoms with Gasteiger partial charge in [0, 0.05) is 18.4 Å². The molecule has 1 aliphatic carbocycles. The van der Waals surface area contributed by atoms with E-state index in [9.17, 15) is 18.5 Å². The number of hydrogen-bond donors (Lipinski definition) is 3. The molecule has 0 saturated heterocycles. The number of aromatic nitrogens is 3. The highest BCUT2D eigenvalue weighted by molar-refractivity contribution is 7.89. The molecule has 9 nitrogen and oxygen atoms in total. The number of benzene rings is 1. The second kappa shape index (κ2) is 6.97. The molecule has 3 heterocycles. The second-order valence-electron chi connectivity index (χ2n) is 7.72. The van der Waals surface area contributed by atoms with Gasteiger partial charge in [0.15, 0.2) is 5.82 Å². The molecule has 0 spiro atoms. The third-order valence-corrected chi connectivity index (χ3v) is 7.41. The Morgan fingerprint density at radius 3 is 2.90 bits per heavy atom. The van der Waals surface area contributed by atoms with Crippen LogP contribution in [0.5, 0.6) is 0 Å². The Bertz CT molecular complexity index is 1350. The summed E-state index contributed by atoms with van der Waals surface area (Å²) in [6, 6.07) is 9.06. The van der Waals surface area contributed by atoms with Crippen LogP contribution < -0.4 is 15.6 Å². The summed E-state index contributed by atoms with van der Waals surface area (Å²) in [5.74, 6) is 0.244. The van der Waals surface area contributed by atoms with Crippen molar-refractivity contribution in [3.8, 4) is 6.07 Å². The Balaban J connectivity index is 1.59. The third-order valence-electron chi connectivity index (χ3n) is 5.91. The average molecular weight is 424 g/mol. The number of anilines is 2. The van der Waals surface area contributed by atoms with Crippen LogP contribution in [0, 0.1) is 17.2 Å². The van der Waals surface area contributed by atoms with Gasteiger partial charge in [-0.1, -0.05) is 12.8 Å². The minimum Gasteiger partial charge on any atom is -0.338 e. The zero-order valence-electron chi connectivity index (χ0n) is 16.1. The van der Waals surface area contributed by atoms with Crippen LogP contribution in [0.15, 0.2) is 40.2 Å². The number of nitrogens with one attached hydrogen (secondary N) is 3. The van der Waals surface area contributed by atoms with Crippen LogP contribution in [-0.4, -0.2) is 23.2 Å². The fourth-order valence-corrected chi connectivity index (χ4v) is 5.66. The molecule has 2 aromatic heterocycles. The molecular weight excluding hydrogens is 404 g/mol. The topological polar surface area (TPSA) is 133 Å². The molecule has 3 aromatic rings. The van der Waals surface area contributed by atoms with Gasteiger partial charge in [-0.05, 0) is 42.7 Å². The highest BCUT2D eigenvalue weighted by atomic mass is 32.2. The van der Waals surface area contributed by atoms with Gasteiger partial charge < -0.3 is 10.3 Å². The zero-order chi connectivity index (χ0) is 20.9. The predicted octanol–water partition coefficient (Wildman–Crippen LogP) is 2.51. The van der Waals surface area contributed by atoms with E-state index in [0.29, 0.717) is 28.0 Å². The van der Waals surface area contributed by atoms with Crippen LogP contribution in [0.2, 0.25) is 0 Å². The number of nitrogens with zero attached hydrogens (tertiary/aromatic N) is 3. The summed E-state index contributed by atoms with van der Waals surface area (Å²) in [4.78, 5) is 15.6. The van der Waals surface area contributed by atoms with Crippen LogP contribution in [0.25, 0.3) is 10.9 Å². The summed E-state index contributed by atoms with van der Waals surface area (Å²) in [6.45, 7) is 0.231. The normalized spacial score (nSPS) is 22.5. The molecule has 30 heavy (non-hydrogen) atoms. The number of nitriles is 1. The highest BCUT2D eigenvalue weighted by Crippen LogP contribution is 2.37. The lowest BCUT2D eigenvalue weighted by Crippen LogP contribution is -2.23. The predicted molar refractivity (Wildman–Crippen MR) is 111 cm³/mol. The van der Waals surface area contributed by atoms with Crippen molar-refractivity contribution in [3.63, 3.8) is 0 Å². The van der Waals surface area contributed by atoms with Crippen LogP contribution >= 0.6 is 0 Å². The molecule has 3 N–H and O–H groups in total. The van der Waals surface area contributed by atoms with E-state index in [1.807, 2.05) is 0 Å². The summed E-state index contributed by atoms with van der Waals surface area (Å²) in [5.41, 5.74) is 1.71. The molecule has 154 valence electrons. The van der Waals surface area contributed by atoms with Gasteiger partial charge in [-0.15, -0.1) is 0 Å². The Morgan fingerprint density at radius 2 is 2.07 bits per heavy atom. The van der Waals surface area contributed by atoms with Crippen LogP contribution in [0.3, 0.4) is 0 Å². The highest BCUT2D eigenvalue weighted by Gasteiger charge is 2.30. The smallest absolute Gasteiger partial charge is 0.261 e. The van der Waals surface area contributed by atoms with Gasteiger partial charge in [0.2, 0.25) is 10.0 Å². The van der Waals surface area contributed by atoms with Gasteiger partial charge in [0.05, 0.1) is 28.4 Å². The monoisotopic (exact) mass is 424 g/mol. The van der Waals surface area contributed by atoms with Gasteiger partial charge in [0.1, 0.15) is 5.39 Å². The third kappa shape index (κ3) is 2.98. The lowest BCUT2D eigenvalue weighted by Gasteiger charge is -2.27. The maximum Gasteiger partial charge on any atom is 0.261 e. The Morgan fingerprint density at radius 1 is 1.23 bits per heavy atom. The first-order valence-electron chi connectivity index (χ1n) is 9.87. The first-order chi connectivity index (χ1) is 14.5. The summed E-state index contributed by atoms with van der Waals surface area (Å²) < 4.78 is 28.2. The maximum absolute atomic E-state index is 12.6. The van der Waals surface area contributed by atoms with Crippen LogP contribution in [0.4, 0.5) is 11.5 Å². The molecule has 0 unspecified atom stereocenters. The van der Waals surface area contributed by atoms with Crippen molar-refractivity contribution in [3.05, 3.63) is 46.4 Å². The Labute approximate surface area is 172 Å². The lowest BCUT2D eigenvalue weighted by atomic mass is 9.85. The Hall–Kier alpha value is -3.16. The molecule has 1 aliphatic heterocycles. The molecule has 0 bridgehead atoms. The van der Waals surface area contributed by atoms with E-state index in [2.05, 4.69) is 21.1 Å². The van der Waals surface area contributed by atoms with Crippen molar-refractivity contribution in [1.29, 1.82) is 5.26 Å². The van der Waals surface area contributed by atoms with Gasteiger partial charge in [0.25, 0.3) is 5.56 Å². The number of pyridine rings is 1. The van der Waals surface area contributed by atoms with Crippen molar-refractivity contribution < 1.29 is 8.42 Å². The zero-order valence-corrected chi connectivity index (χ0v) is 16.9. The van der Waals surface area contributed by atoms with E-state index in [1.165, 1.54) is 0 Å². The number of H-pyrrole nitrogens is 1. The van der Waals surface area contributed by atoms with Crippen molar-refractivity contribution in [1.82, 2.24) is 19.5 Å².